The van der Waals surface area contributed by atoms with Crippen molar-refractivity contribution in [2.75, 3.05) is 0 Å². The zero-order chi connectivity index (χ0) is 14.7. The molecule has 3 aliphatic carbocycles. The molecule has 0 N–H and O–H groups in total. The predicted molar refractivity (Wildman–Crippen MR) is 83.0 cm³/mol. The van der Waals surface area contributed by atoms with Gasteiger partial charge in [0.15, 0.2) is 16.6 Å². The summed E-state index contributed by atoms with van der Waals surface area (Å²) < 4.78 is 1.80. The molecule has 0 aromatic carbocycles. The van der Waals surface area contributed by atoms with E-state index in [-0.39, 0.29) is 0 Å². The minimum absolute atomic E-state index is 0.547. The smallest absolute Gasteiger partial charge is 0.185 e. The molecule has 22 heavy (non-hydrogen) atoms. The van der Waals surface area contributed by atoms with Crippen molar-refractivity contribution < 1.29 is 0 Å². The van der Waals surface area contributed by atoms with Crippen molar-refractivity contribution in [3.05, 3.63) is 40.8 Å². The van der Waals surface area contributed by atoms with Crippen LogP contribution in [0.4, 0.5) is 0 Å². The molecule has 0 aliphatic heterocycles. The second kappa shape index (κ2) is 4.49. The molecule has 5 nitrogen and oxygen atoms in total. The van der Waals surface area contributed by atoms with Crippen LogP contribution in [0.5, 0.6) is 0 Å². The molecule has 0 amide bonds. The molecule has 0 radical (unpaired) electrons. The molecular weight excluding hydrogens is 298 g/mol. The third-order valence-corrected chi connectivity index (χ3v) is 5.34. The fourth-order valence-electron chi connectivity index (χ4n) is 4.06. The maximum atomic E-state index is 6.53. The summed E-state index contributed by atoms with van der Waals surface area (Å²) in [5.41, 5.74) is 4.34. The molecule has 3 aromatic heterocycles. The van der Waals surface area contributed by atoms with Gasteiger partial charge in [0.2, 0.25) is 0 Å². The Balaban J connectivity index is 1.82. The number of aromatic nitrogens is 5. The average molecular weight is 312 g/mol. The van der Waals surface area contributed by atoms with Crippen LogP contribution in [0.1, 0.15) is 48.6 Å². The quantitative estimate of drug-likeness (QED) is 0.689. The molecule has 0 spiro atoms. The van der Waals surface area contributed by atoms with Crippen molar-refractivity contribution in [1.82, 2.24) is 24.8 Å². The normalized spacial score (nSPS) is 23.0. The predicted octanol–water partition coefficient (Wildman–Crippen LogP) is 3.59. The topological polar surface area (TPSA) is 56.0 Å². The highest BCUT2D eigenvalue weighted by molar-refractivity contribution is 6.30. The van der Waals surface area contributed by atoms with Crippen LogP contribution in [0.25, 0.3) is 17.0 Å². The number of pyridine rings is 1. The lowest BCUT2D eigenvalue weighted by Crippen LogP contribution is -2.24. The zero-order valence-electron chi connectivity index (χ0n) is 11.9. The highest BCUT2D eigenvalue weighted by Gasteiger charge is 2.38. The van der Waals surface area contributed by atoms with E-state index in [0.29, 0.717) is 17.0 Å². The molecule has 3 aromatic rings. The summed E-state index contributed by atoms with van der Waals surface area (Å²) in [6.07, 6.45) is 8.40. The first-order valence-corrected chi connectivity index (χ1v) is 8.06. The first-order chi connectivity index (χ1) is 10.8. The molecule has 0 atom stereocenters. The van der Waals surface area contributed by atoms with Gasteiger partial charge in [0.1, 0.15) is 0 Å². The summed E-state index contributed by atoms with van der Waals surface area (Å²) in [6, 6.07) is 3.83. The van der Waals surface area contributed by atoms with Crippen LogP contribution in [0.15, 0.2) is 24.5 Å². The van der Waals surface area contributed by atoms with E-state index in [0.717, 1.165) is 17.0 Å². The van der Waals surface area contributed by atoms with Gasteiger partial charge < -0.3 is 0 Å². The van der Waals surface area contributed by atoms with Gasteiger partial charge in [0.05, 0.1) is 0 Å². The van der Waals surface area contributed by atoms with Crippen LogP contribution in [-0.4, -0.2) is 24.8 Å². The molecule has 0 unspecified atom stereocenters. The SMILES string of the molecule is Clc1nn2c(-c3ccncc3)nnc2c2c1C1CCC2CC1. The van der Waals surface area contributed by atoms with E-state index in [4.69, 9.17) is 11.6 Å². The van der Waals surface area contributed by atoms with Crippen LogP contribution in [-0.2, 0) is 0 Å². The molecule has 3 aliphatic rings. The van der Waals surface area contributed by atoms with Gasteiger partial charge in [-0.05, 0) is 49.7 Å². The van der Waals surface area contributed by atoms with Gasteiger partial charge in [0.25, 0.3) is 0 Å². The van der Waals surface area contributed by atoms with Crippen molar-refractivity contribution in [3.8, 4) is 11.4 Å². The van der Waals surface area contributed by atoms with Crippen molar-refractivity contribution in [2.24, 2.45) is 0 Å². The van der Waals surface area contributed by atoms with Crippen molar-refractivity contribution >= 4 is 17.2 Å². The van der Waals surface area contributed by atoms with E-state index in [1.54, 1.807) is 16.9 Å². The van der Waals surface area contributed by atoms with E-state index in [2.05, 4.69) is 20.3 Å². The number of rotatable bonds is 1. The minimum Gasteiger partial charge on any atom is -0.265 e. The second-order valence-electron chi connectivity index (χ2n) is 6.16. The summed E-state index contributed by atoms with van der Waals surface area (Å²) in [7, 11) is 0. The van der Waals surface area contributed by atoms with Gasteiger partial charge in [-0.1, -0.05) is 11.6 Å². The van der Waals surface area contributed by atoms with Crippen molar-refractivity contribution in [1.29, 1.82) is 0 Å². The third kappa shape index (κ3) is 1.60. The highest BCUT2D eigenvalue weighted by atomic mass is 35.5. The van der Waals surface area contributed by atoms with Crippen LogP contribution in [0.2, 0.25) is 5.15 Å². The number of hydrogen-bond acceptors (Lipinski definition) is 4. The van der Waals surface area contributed by atoms with Crippen molar-refractivity contribution in [2.45, 2.75) is 37.5 Å². The van der Waals surface area contributed by atoms with Gasteiger partial charge in [-0.25, -0.2) is 0 Å². The van der Waals surface area contributed by atoms with Gasteiger partial charge in [-0.3, -0.25) is 4.98 Å². The third-order valence-electron chi connectivity index (χ3n) is 5.06. The summed E-state index contributed by atoms with van der Waals surface area (Å²) in [5.74, 6) is 1.83. The minimum atomic E-state index is 0.547. The summed E-state index contributed by atoms with van der Waals surface area (Å²) in [6.45, 7) is 0. The highest BCUT2D eigenvalue weighted by Crippen LogP contribution is 2.52. The van der Waals surface area contributed by atoms with Crippen LogP contribution in [0.3, 0.4) is 0 Å². The molecule has 1 fully saturated rings. The lowest BCUT2D eigenvalue weighted by Gasteiger charge is -2.38. The fraction of sp³-hybridized carbons (Fsp3) is 0.375. The Kier molecular flexibility index (Phi) is 2.56. The zero-order valence-corrected chi connectivity index (χ0v) is 12.7. The summed E-state index contributed by atoms with van der Waals surface area (Å²) in [4.78, 5) is 4.05. The Labute approximate surface area is 132 Å². The second-order valence-corrected chi connectivity index (χ2v) is 6.52. The molecule has 6 heteroatoms. The lowest BCUT2D eigenvalue weighted by molar-refractivity contribution is 0.358. The van der Waals surface area contributed by atoms with E-state index >= 15 is 0 Å². The molecule has 6 rings (SSSR count). The van der Waals surface area contributed by atoms with E-state index in [9.17, 15) is 0 Å². The van der Waals surface area contributed by atoms with Gasteiger partial charge >= 0.3 is 0 Å². The van der Waals surface area contributed by atoms with Gasteiger partial charge in [-0.15, -0.1) is 10.2 Å². The molecular formula is C16H14ClN5. The van der Waals surface area contributed by atoms with E-state index in [1.165, 1.54) is 36.8 Å². The van der Waals surface area contributed by atoms with E-state index in [1.807, 2.05) is 12.1 Å². The standard InChI is InChI=1S/C16H14ClN5/c17-14-12-9-1-3-10(4-2-9)13(12)16-20-19-15(22(16)21-14)11-5-7-18-8-6-11/h5-10H,1-4H2. The first kappa shape index (κ1) is 12.5. The van der Waals surface area contributed by atoms with Gasteiger partial charge in [-0.2, -0.15) is 9.61 Å². The molecule has 0 saturated heterocycles. The Morgan fingerprint density at radius 1 is 0.955 bits per heavy atom. The van der Waals surface area contributed by atoms with Crippen molar-refractivity contribution in [3.63, 3.8) is 0 Å². The number of fused-ring (bicyclic) bond motifs is 3. The molecule has 110 valence electrons. The Morgan fingerprint density at radius 3 is 2.36 bits per heavy atom. The molecule has 1 saturated carbocycles. The number of halogens is 1. The maximum absolute atomic E-state index is 6.53. The first-order valence-electron chi connectivity index (χ1n) is 7.68. The monoisotopic (exact) mass is 311 g/mol. The molecule has 2 bridgehead atoms. The Hall–Kier alpha value is -2.01. The Morgan fingerprint density at radius 2 is 1.64 bits per heavy atom. The Bertz CT molecular complexity index is 865. The average Bonchev–Trinajstić information content (AvgIpc) is 3.00. The van der Waals surface area contributed by atoms with E-state index < -0.39 is 0 Å². The molecule has 3 heterocycles. The largest absolute Gasteiger partial charge is 0.265 e. The maximum Gasteiger partial charge on any atom is 0.185 e. The van der Waals surface area contributed by atoms with Crippen LogP contribution in [0, 0.1) is 0 Å². The summed E-state index contributed by atoms with van der Waals surface area (Å²) in [5, 5.41) is 14.0. The summed E-state index contributed by atoms with van der Waals surface area (Å²) >= 11 is 6.53. The fourth-order valence-corrected chi connectivity index (χ4v) is 4.39. The van der Waals surface area contributed by atoms with Crippen LogP contribution >= 0.6 is 11.6 Å². The lowest BCUT2D eigenvalue weighted by atomic mass is 9.68. The van der Waals surface area contributed by atoms with Gasteiger partial charge in [0, 0.05) is 29.1 Å². The van der Waals surface area contributed by atoms with Crippen LogP contribution < -0.4 is 0 Å². The number of nitrogens with zero attached hydrogens (tertiary/aromatic N) is 5. The number of hydrogen-bond donors (Lipinski definition) is 0.